The second-order valence-electron chi connectivity index (χ2n) is 5.17. The molecule has 0 bridgehead atoms. The third kappa shape index (κ3) is 2.71. The summed E-state index contributed by atoms with van der Waals surface area (Å²) in [6.45, 7) is 4.91. The standard InChI is InChI=1S/C12H24N2/c13-7-6-12-9-14(10-12)8-11-4-2-1-3-5-11/h11-12H,1-10,13H2. The van der Waals surface area contributed by atoms with Gasteiger partial charge in [0.05, 0.1) is 0 Å². The zero-order chi connectivity index (χ0) is 9.80. The Labute approximate surface area is 87.8 Å². The van der Waals surface area contributed by atoms with Crippen molar-refractivity contribution in [2.45, 2.75) is 38.5 Å². The normalized spacial score (nSPS) is 26.4. The second kappa shape index (κ2) is 5.13. The summed E-state index contributed by atoms with van der Waals surface area (Å²) in [5, 5.41) is 0. The largest absolute Gasteiger partial charge is 0.330 e. The van der Waals surface area contributed by atoms with Crippen LogP contribution in [-0.2, 0) is 0 Å². The van der Waals surface area contributed by atoms with Gasteiger partial charge in [0.2, 0.25) is 0 Å². The van der Waals surface area contributed by atoms with Gasteiger partial charge in [-0.25, -0.2) is 0 Å². The van der Waals surface area contributed by atoms with Gasteiger partial charge in [0, 0.05) is 19.6 Å². The smallest absolute Gasteiger partial charge is 0.00226 e. The summed E-state index contributed by atoms with van der Waals surface area (Å²) in [6.07, 6.45) is 8.64. The highest BCUT2D eigenvalue weighted by Gasteiger charge is 2.27. The van der Waals surface area contributed by atoms with Gasteiger partial charge in [0.25, 0.3) is 0 Å². The Morgan fingerprint density at radius 1 is 1.00 bits per heavy atom. The topological polar surface area (TPSA) is 29.3 Å². The Balaban J connectivity index is 1.58. The molecule has 0 radical (unpaired) electrons. The van der Waals surface area contributed by atoms with E-state index >= 15 is 0 Å². The van der Waals surface area contributed by atoms with Gasteiger partial charge in [0.1, 0.15) is 0 Å². The maximum Gasteiger partial charge on any atom is 0.00226 e. The lowest BCUT2D eigenvalue weighted by Crippen LogP contribution is -2.49. The van der Waals surface area contributed by atoms with Crippen molar-refractivity contribution in [2.24, 2.45) is 17.6 Å². The number of hydrogen-bond donors (Lipinski definition) is 1. The Hall–Kier alpha value is -0.0800. The van der Waals surface area contributed by atoms with E-state index in [2.05, 4.69) is 4.90 Å². The molecule has 2 aliphatic rings. The first kappa shape index (κ1) is 10.4. The Morgan fingerprint density at radius 2 is 1.71 bits per heavy atom. The van der Waals surface area contributed by atoms with E-state index in [0.29, 0.717) is 0 Å². The molecule has 0 aromatic heterocycles. The molecule has 0 atom stereocenters. The molecule has 2 rings (SSSR count). The molecule has 0 aromatic rings. The number of nitrogens with zero attached hydrogens (tertiary/aromatic N) is 1. The summed E-state index contributed by atoms with van der Waals surface area (Å²) in [7, 11) is 0. The monoisotopic (exact) mass is 196 g/mol. The van der Waals surface area contributed by atoms with Crippen LogP contribution in [0.4, 0.5) is 0 Å². The first-order valence-corrected chi connectivity index (χ1v) is 6.31. The predicted molar refractivity (Wildman–Crippen MR) is 60.2 cm³/mol. The van der Waals surface area contributed by atoms with E-state index in [4.69, 9.17) is 5.73 Å². The number of hydrogen-bond acceptors (Lipinski definition) is 2. The first-order valence-electron chi connectivity index (χ1n) is 6.31. The maximum atomic E-state index is 5.55. The highest BCUT2D eigenvalue weighted by Crippen LogP contribution is 2.27. The lowest BCUT2D eigenvalue weighted by molar-refractivity contribution is 0.0697. The molecular weight excluding hydrogens is 172 g/mol. The van der Waals surface area contributed by atoms with Crippen LogP contribution in [0.15, 0.2) is 0 Å². The fourth-order valence-electron chi connectivity index (χ4n) is 2.98. The summed E-state index contributed by atoms with van der Waals surface area (Å²) in [5.41, 5.74) is 5.55. The van der Waals surface area contributed by atoms with Gasteiger partial charge in [0.15, 0.2) is 0 Å². The molecule has 14 heavy (non-hydrogen) atoms. The summed E-state index contributed by atoms with van der Waals surface area (Å²) in [6, 6.07) is 0. The maximum absolute atomic E-state index is 5.55. The molecule has 1 aliphatic heterocycles. The van der Waals surface area contributed by atoms with Gasteiger partial charge in [-0.05, 0) is 37.6 Å². The molecule has 2 N–H and O–H groups in total. The van der Waals surface area contributed by atoms with Crippen molar-refractivity contribution in [3.05, 3.63) is 0 Å². The van der Waals surface area contributed by atoms with Crippen molar-refractivity contribution in [1.29, 1.82) is 0 Å². The van der Waals surface area contributed by atoms with E-state index in [1.165, 1.54) is 58.2 Å². The van der Waals surface area contributed by atoms with Gasteiger partial charge in [-0.2, -0.15) is 0 Å². The molecule has 0 spiro atoms. The zero-order valence-electron chi connectivity index (χ0n) is 9.25. The van der Waals surface area contributed by atoms with Crippen LogP contribution in [0.3, 0.4) is 0 Å². The van der Waals surface area contributed by atoms with Crippen molar-refractivity contribution in [3.63, 3.8) is 0 Å². The average Bonchev–Trinajstić information content (AvgIpc) is 2.16. The van der Waals surface area contributed by atoms with Crippen LogP contribution in [0.25, 0.3) is 0 Å². The predicted octanol–water partition coefficient (Wildman–Crippen LogP) is 1.85. The zero-order valence-corrected chi connectivity index (χ0v) is 9.25. The molecule has 0 unspecified atom stereocenters. The van der Waals surface area contributed by atoms with E-state index in [9.17, 15) is 0 Å². The van der Waals surface area contributed by atoms with Gasteiger partial charge in [-0.1, -0.05) is 19.3 Å². The minimum atomic E-state index is 0.877. The van der Waals surface area contributed by atoms with Crippen LogP contribution in [0.5, 0.6) is 0 Å². The quantitative estimate of drug-likeness (QED) is 0.743. The SMILES string of the molecule is NCCC1CN(CC2CCCCC2)C1. The molecule has 1 aliphatic carbocycles. The molecule has 1 saturated heterocycles. The lowest BCUT2D eigenvalue weighted by Gasteiger charge is -2.41. The number of likely N-dealkylation sites (tertiary alicyclic amines) is 1. The molecular formula is C12H24N2. The number of rotatable bonds is 4. The molecule has 0 aromatic carbocycles. The minimum absolute atomic E-state index is 0.877. The number of nitrogens with two attached hydrogens (primary N) is 1. The molecule has 1 heterocycles. The molecule has 2 heteroatoms. The summed E-state index contributed by atoms with van der Waals surface area (Å²) in [5.74, 6) is 1.94. The van der Waals surface area contributed by atoms with Gasteiger partial charge in [-0.15, -0.1) is 0 Å². The van der Waals surface area contributed by atoms with E-state index in [0.717, 1.165) is 18.4 Å². The van der Waals surface area contributed by atoms with Crippen LogP contribution in [0.1, 0.15) is 38.5 Å². The average molecular weight is 196 g/mol. The minimum Gasteiger partial charge on any atom is -0.330 e. The lowest BCUT2D eigenvalue weighted by atomic mass is 9.87. The van der Waals surface area contributed by atoms with Crippen LogP contribution in [0.2, 0.25) is 0 Å². The van der Waals surface area contributed by atoms with Crippen molar-refractivity contribution in [1.82, 2.24) is 4.90 Å². The highest BCUT2D eigenvalue weighted by molar-refractivity contribution is 4.82. The van der Waals surface area contributed by atoms with Crippen molar-refractivity contribution in [3.8, 4) is 0 Å². The third-order valence-corrected chi connectivity index (χ3v) is 3.85. The van der Waals surface area contributed by atoms with Gasteiger partial charge in [-0.3, -0.25) is 0 Å². The van der Waals surface area contributed by atoms with Gasteiger partial charge >= 0.3 is 0 Å². The van der Waals surface area contributed by atoms with Crippen LogP contribution >= 0.6 is 0 Å². The summed E-state index contributed by atoms with van der Waals surface area (Å²) in [4.78, 5) is 2.64. The molecule has 0 amide bonds. The molecule has 1 saturated carbocycles. The van der Waals surface area contributed by atoms with Crippen LogP contribution < -0.4 is 5.73 Å². The van der Waals surface area contributed by atoms with Crippen molar-refractivity contribution in [2.75, 3.05) is 26.2 Å². The fraction of sp³-hybridized carbons (Fsp3) is 1.00. The highest BCUT2D eigenvalue weighted by atomic mass is 15.2. The summed E-state index contributed by atoms with van der Waals surface area (Å²) < 4.78 is 0. The third-order valence-electron chi connectivity index (χ3n) is 3.85. The van der Waals surface area contributed by atoms with Crippen LogP contribution in [0, 0.1) is 11.8 Å². The molecule has 82 valence electrons. The summed E-state index contributed by atoms with van der Waals surface area (Å²) >= 11 is 0. The van der Waals surface area contributed by atoms with E-state index in [-0.39, 0.29) is 0 Å². The molecule has 2 fully saturated rings. The van der Waals surface area contributed by atoms with E-state index < -0.39 is 0 Å². The Kier molecular flexibility index (Phi) is 3.82. The van der Waals surface area contributed by atoms with E-state index in [1.54, 1.807) is 0 Å². The van der Waals surface area contributed by atoms with Crippen LogP contribution in [-0.4, -0.2) is 31.1 Å². The van der Waals surface area contributed by atoms with Crippen molar-refractivity contribution < 1.29 is 0 Å². The fourth-order valence-corrected chi connectivity index (χ4v) is 2.98. The Bertz CT molecular complexity index is 158. The molecule has 2 nitrogen and oxygen atoms in total. The van der Waals surface area contributed by atoms with Crippen molar-refractivity contribution >= 4 is 0 Å². The van der Waals surface area contributed by atoms with Gasteiger partial charge < -0.3 is 10.6 Å². The first-order chi connectivity index (χ1) is 6.88. The second-order valence-corrected chi connectivity index (χ2v) is 5.17. The Morgan fingerprint density at radius 3 is 2.36 bits per heavy atom. The van der Waals surface area contributed by atoms with E-state index in [1.807, 2.05) is 0 Å².